The van der Waals surface area contributed by atoms with Gasteiger partial charge < -0.3 is 15.5 Å². The molecule has 35 heavy (non-hydrogen) atoms. The number of amides is 2. The molecule has 1 aliphatic rings. The Balaban J connectivity index is 0.00000578. The van der Waals surface area contributed by atoms with Crippen LogP contribution in [0.25, 0.3) is 0 Å². The SMILES string of the molecule is CCCCCCCCCCCCNC(=O)NCCCN1CCN(Cc2ccc(Cl)cc2)CC1.Cl.Cl. The average molecular weight is 552 g/mol. The second kappa shape index (κ2) is 22.5. The zero-order valence-corrected chi connectivity index (χ0v) is 24.1. The Morgan fingerprint density at radius 3 is 1.80 bits per heavy atom. The van der Waals surface area contributed by atoms with E-state index in [4.69, 9.17) is 11.6 Å². The lowest BCUT2D eigenvalue weighted by Crippen LogP contribution is -2.46. The minimum Gasteiger partial charge on any atom is -0.338 e. The number of halogens is 3. The van der Waals surface area contributed by atoms with Gasteiger partial charge in [-0.2, -0.15) is 0 Å². The molecule has 1 fully saturated rings. The van der Waals surface area contributed by atoms with Crippen LogP contribution in [0.5, 0.6) is 0 Å². The molecule has 2 rings (SSSR count). The molecule has 0 spiro atoms. The summed E-state index contributed by atoms with van der Waals surface area (Å²) in [5.41, 5.74) is 1.32. The molecule has 204 valence electrons. The van der Waals surface area contributed by atoms with Crippen LogP contribution in [0.1, 0.15) is 83.1 Å². The lowest BCUT2D eigenvalue weighted by atomic mass is 10.1. The zero-order chi connectivity index (χ0) is 23.6. The van der Waals surface area contributed by atoms with Crippen molar-refractivity contribution < 1.29 is 4.79 Å². The van der Waals surface area contributed by atoms with Crippen molar-refractivity contribution in [3.8, 4) is 0 Å². The summed E-state index contributed by atoms with van der Waals surface area (Å²) >= 11 is 5.97. The lowest BCUT2D eigenvalue weighted by Gasteiger charge is -2.34. The van der Waals surface area contributed by atoms with E-state index in [0.717, 1.165) is 70.2 Å². The molecule has 1 aromatic rings. The Bertz CT molecular complexity index is 625. The molecule has 0 aromatic heterocycles. The van der Waals surface area contributed by atoms with Gasteiger partial charge in [0.15, 0.2) is 0 Å². The molecule has 1 saturated heterocycles. The van der Waals surface area contributed by atoms with Crippen molar-refractivity contribution in [1.29, 1.82) is 0 Å². The van der Waals surface area contributed by atoms with Gasteiger partial charge in [-0.15, -0.1) is 24.8 Å². The van der Waals surface area contributed by atoms with Crippen LogP contribution in [-0.2, 0) is 6.54 Å². The fraction of sp³-hybridized carbons (Fsp3) is 0.741. The molecule has 0 unspecified atom stereocenters. The van der Waals surface area contributed by atoms with E-state index in [-0.39, 0.29) is 30.8 Å². The molecule has 1 aromatic carbocycles. The summed E-state index contributed by atoms with van der Waals surface area (Å²) in [6.45, 7) is 10.2. The first-order valence-electron chi connectivity index (χ1n) is 13.4. The second-order valence-corrected chi connectivity index (χ2v) is 9.90. The second-order valence-electron chi connectivity index (χ2n) is 9.46. The minimum atomic E-state index is -0.0151. The highest BCUT2D eigenvalue weighted by Gasteiger charge is 2.16. The summed E-state index contributed by atoms with van der Waals surface area (Å²) in [6.07, 6.45) is 14.2. The molecule has 0 radical (unpaired) electrons. The van der Waals surface area contributed by atoms with E-state index < -0.39 is 0 Å². The maximum atomic E-state index is 11.9. The van der Waals surface area contributed by atoms with Crippen LogP contribution in [-0.4, -0.2) is 61.6 Å². The van der Waals surface area contributed by atoms with E-state index in [1.54, 1.807) is 0 Å². The Hall–Kier alpha value is -0.720. The van der Waals surface area contributed by atoms with Gasteiger partial charge in [0, 0.05) is 50.8 Å². The first-order chi connectivity index (χ1) is 16.2. The van der Waals surface area contributed by atoms with Gasteiger partial charge in [-0.1, -0.05) is 88.4 Å². The maximum Gasteiger partial charge on any atom is 0.314 e. The standard InChI is InChI=1S/C27H47ClN4O.2ClH/c1-2-3-4-5-6-7-8-9-10-11-17-29-27(33)30-18-12-19-31-20-22-32(23-21-31)24-25-13-15-26(28)16-14-25;;/h13-16H,2-12,17-24H2,1H3,(H2,29,30,33);2*1H. The van der Waals surface area contributed by atoms with Gasteiger partial charge in [0.1, 0.15) is 0 Å². The summed E-state index contributed by atoms with van der Waals surface area (Å²) in [5.74, 6) is 0. The summed E-state index contributed by atoms with van der Waals surface area (Å²) < 4.78 is 0. The van der Waals surface area contributed by atoms with E-state index >= 15 is 0 Å². The Kier molecular flexibility index (Phi) is 22.0. The van der Waals surface area contributed by atoms with Gasteiger partial charge in [0.25, 0.3) is 0 Å². The lowest BCUT2D eigenvalue weighted by molar-refractivity contribution is 0.126. The van der Waals surface area contributed by atoms with Gasteiger partial charge in [0.2, 0.25) is 0 Å². The van der Waals surface area contributed by atoms with E-state index in [1.807, 2.05) is 12.1 Å². The Labute approximate surface area is 231 Å². The normalized spacial score (nSPS) is 14.1. The number of unbranched alkanes of at least 4 members (excludes halogenated alkanes) is 9. The Morgan fingerprint density at radius 1 is 0.743 bits per heavy atom. The highest BCUT2D eigenvalue weighted by Crippen LogP contribution is 2.13. The summed E-state index contributed by atoms with van der Waals surface area (Å²) in [7, 11) is 0. The van der Waals surface area contributed by atoms with Gasteiger partial charge in [0.05, 0.1) is 0 Å². The molecule has 8 heteroatoms. The third kappa shape index (κ3) is 17.4. The summed E-state index contributed by atoms with van der Waals surface area (Å²) in [5, 5.41) is 6.80. The van der Waals surface area contributed by atoms with E-state index in [2.05, 4.69) is 39.5 Å². The fourth-order valence-corrected chi connectivity index (χ4v) is 4.53. The molecule has 0 bridgehead atoms. The smallest absolute Gasteiger partial charge is 0.314 e. The van der Waals surface area contributed by atoms with Crippen molar-refractivity contribution in [3.05, 3.63) is 34.9 Å². The van der Waals surface area contributed by atoms with Gasteiger partial charge >= 0.3 is 6.03 Å². The molecular weight excluding hydrogens is 503 g/mol. The number of carbonyl (C=O) groups excluding carboxylic acids is 1. The third-order valence-corrected chi connectivity index (χ3v) is 6.79. The fourth-order valence-electron chi connectivity index (χ4n) is 4.40. The van der Waals surface area contributed by atoms with Crippen LogP contribution in [0.3, 0.4) is 0 Å². The Morgan fingerprint density at radius 2 is 1.23 bits per heavy atom. The third-order valence-electron chi connectivity index (χ3n) is 6.54. The number of benzene rings is 1. The minimum absolute atomic E-state index is 0. The number of nitrogens with zero attached hydrogens (tertiary/aromatic N) is 2. The number of hydrogen-bond acceptors (Lipinski definition) is 3. The van der Waals surface area contributed by atoms with Crippen molar-refractivity contribution in [1.82, 2.24) is 20.4 Å². The van der Waals surface area contributed by atoms with E-state index in [9.17, 15) is 4.79 Å². The molecular formula is C27H49Cl3N4O. The van der Waals surface area contributed by atoms with E-state index in [1.165, 1.54) is 63.4 Å². The first kappa shape index (κ1) is 34.3. The monoisotopic (exact) mass is 550 g/mol. The quantitative estimate of drug-likeness (QED) is 0.207. The predicted molar refractivity (Wildman–Crippen MR) is 156 cm³/mol. The topological polar surface area (TPSA) is 47.6 Å². The molecule has 1 heterocycles. The highest BCUT2D eigenvalue weighted by molar-refractivity contribution is 6.30. The largest absolute Gasteiger partial charge is 0.338 e. The molecule has 2 amide bonds. The van der Waals surface area contributed by atoms with Crippen LogP contribution >= 0.6 is 36.4 Å². The zero-order valence-electron chi connectivity index (χ0n) is 21.7. The van der Waals surface area contributed by atoms with Crippen LogP contribution in [0, 0.1) is 0 Å². The van der Waals surface area contributed by atoms with Crippen LogP contribution in [0.15, 0.2) is 24.3 Å². The molecule has 0 atom stereocenters. The number of urea groups is 1. The summed E-state index contributed by atoms with van der Waals surface area (Å²) in [6, 6.07) is 8.14. The number of hydrogen-bond donors (Lipinski definition) is 2. The molecule has 0 saturated carbocycles. The summed E-state index contributed by atoms with van der Waals surface area (Å²) in [4.78, 5) is 16.9. The van der Waals surface area contributed by atoms with Crippen molar-refractivity contribution in [2.24, 2.45) is 0 Å². The predicted octanol–water partition coefficient (Wildman–Crippen LogP) is 6.91. The number of nitrogens with one attached hydrogen (secondary N) is 2. The van der Waals surface area contributed by atoms with Crippen LogP contribution in [0.4, 0.5) is 4.79 Å². The number of rotatable bonds is 17. The average Bonchev–Trinajstić information content (AvgIpc) is 2.83. The van der Waals surface area contributed by atoms with Gasteiger partial charge in [-0.3, -0.25) is 4.90 Å². The molecule has 5 nitrogen and oxygen atoms in total. The van der Waals surface area contributed by atoms with Crippen molar-refractivity contribution in [2.45, 2.75) is 84.1 Å². The maximum absolute atomic E-state index is 11.9. The number of carbonyl (C=O) groups is 1. The van der Waals surface area contributed by atoms with Crippen molar-refractivity contribution in [3.63, 3.8) is 0 Å². The highest BCUT2D eigenvalue weighted by atomic mass is 35.5. The van der Waals surface area contributed by atoms with Crippen LogP contribution in [0.2, 0.25) is 5.02 Å². The molecule has 0 aliphatic carbocycles. The molecule has 1 aliphatic heterocycles. The van der Waals surface area contributed by atoms with E-state index in [0.29, 0.717) is 0 Å². The van der Waals surface area contributed by atoms with Crippen LogP contribution < -0.4 is 10.6 Å². The first-order valence-corrected chi connectivity index (χ1v) is 13.8. The van der Waals surface area contributed by atoms with Crippen molar-refractivity contribution in [2.75, 3.05) is 45.8 Å². The van der Waals surface area contributed by atoms with Crippen molar-refractivity contribution >= 4 is 42.4 Å². The molecule has 2 N–H and O–H groups in total. The van der Waals surface area contributed by atoms with Gasteiger partial charge in [-0.05, 0) is 37.1 Å². The van der Waals surface area contributed by atoms with Gasteiger partial charge in [-0.25, -0.2) is 4.79 Å². The number of piperazine rings is 1.